The van der Waals surface area contributed by atoms with Gasteiger partial charge in [-0.1, -0.05) is 152 Å². The van der Waals surface area contributed by atoms with Crippen LogP contribution in [0.25, 0.3) is 73.7 Å². The Labute approximate surface area is 380 Å². The number of rotatable bonds is 9. The Morgan fingerprint density at radius 2 is 0.562 bits per heavy atom. The van der Waals surface area contributed by atoms with E-state index in [1.165, 1.54) is 85.1 Å². The molecule has 0 bridgehead atoms. The lowest BCUT2D eigenvalue weighted by molar-refractivity contribution is 1.30. The third kappa shape index (κ3) is 6.81. The van der Waals surface area contributed by atoms with Gasteiger partial charge >= 0.3 is 0 Å². The Bertz CT molecular complexity index is 3380. The van der Waals surface area contributed by atoms with E-state index in [0.717, 1.165) is 22.7 Å². The molecule has 12 aromatic rings. The van der Waals surface area contributed by atoms with E-state index < -0.39 is 0 Å². The fourth-order valence-electron chi connectivity index (χ4n) is 9.19. The molecule has 2 heterocycles. The summed E-state index contributed by atoms with van der Waals surface area (Å²) < 4.78 is 5.17. The molecule has 4 heteroatoms. The maximum absolute atomic E-state index is 2.40. The van der Waals surface area contributed by atoms with Crippen LogP contribution in [0, 0.1) is 0 Å². The highest BCUT2D eigenvalue weighted by Gasteiger charge is 2.20. The predicted octanol–water partition coefficient (Wildman–Crippen LogP) is 18.4. The van der Waals surface area contributed by atoms with Gasteiger partial charge in [-0.3, -0.25) is 0 Å². The van der Waals surface area contributed by atoms with Crippen molar-refractivity contribution in [2.45, 2.75) is 0 Å². The molecule has 0 N–H and O–H groups in total. The SMILES string of the molecule is c1ccc(-c2cc(-c3ccc(N(c4ccccc4)c4cccc5c4sc4ccccc45)cc3)cc(-c3ccc(N(c4ccccc4)c4cccc5c4sc4ccccc45)cc3)c2)cc1. The molecule has 0 atom stereocenters. The highest BCUT2D eigenvalue weighted by molar-refractivity contribution is 7.26. The zero-order chi connectivity index (χ0) is 42.4. The van der Waals surface area contributed by atoms with Crippen LogP contribution < -0.4 is 9.80 Å². The van der Waals surface area contributed by atoms with Crippen molar-refractivity contribution in [1.29, 1.82) is 0 Å². The smallest absolute Gasteiger partial charge is 0.0640 e. The molecule has 0 aliphatic rings. The second-order valence-electron chi connectivity index (χ2n) is 16.1. The molecule has 64 heavy (non-hydrogen) atoms. The highest BCUT2D eigenvalue weighted by atomic mass is 32.1. The summed E-state index contributed by atoms with van der Waals surface area (Å²) >= 11 is 3.72. The lowest BCUT2D eigenvalue weighted by atomic mass is 9.93. The second-order valence-corrected chi connectivity index (χ2v) is 18.2. The minimum atomic E-state index is 1.12. The lowest BCUT2D eigenvalue weighted by Gasteiger charge is -2.26. The maximum Gasteiger partial charge on any atom is 0.0640 e. The van der Waals surface area contributed by atoms with Gasteiger partial charge in [0, 0.05) is 53.7 Å². The summed E-state index contributed by atoms with van der Waals surface area (Å²) in [4.78, 5) is 4.80. The van der Waals surface area contributed by atoms with E-state index in [-0.39, 0.29) is 0 Å². The van der Waals surface area contributed by atoms with Crippen molar-refractivity contribution in [2.75, 3.05) is 9.80 Å². The van der Waals surface area contributed by atoms with Crippen molar-refractivity contribution in [2.24, 2.45) is 0 Å². The van der Waals surface area contributed by atoms with Crippen LogP contribution in [0.1, 0.15) is 0 Å². The van der Waals surface area contributed by atoms with Gasteiger partial charge in [-0.25, -0.2) is 0 Å². The van der Waals surface area contributed by atoms with Gasteiger partial charge in [-0.05, 0) is 124 Å². The molecule has 302 valence electrons. The van der Waals surface area contributed by atoms with Crippen LogP contribution in [0.3, 0.4) is 0 Å². The Kier molecular flexibility index (Phi) is 9.59. The Morgan fingerprint density at radius 1 is 0.234 bits per heavy atom. The standard InChI is InChI=1S/C60H40N2S2/c1-4-16-41(17-5-1)44-38-45(42-30-34-49(35-31-42)61(47-18-6-2-7-19-47)55-26-14-24-53-51-22-10-12-28-57(51)63-59(53)55)40-46(39-44)43-32-36-50(37-33-43)62(48-20-8-3-9-21-48)56-27-15-25-54-52-23-11-13-29-58(52)64-60(54)56/h1-40H. The first kappa shape index (κ1) is 38.0. The third-order valence-electron chi connectivity index (χ3n) is 12.2. The topological polar surface area (TPSA) is 6.48 Å². The first-order valence-corrected chi connectivity index (χ1v) is 23.3. The van der Waals surface area contributed by atoms with E-state index in [2.05, 4.69) is 252 Å². The summed E-state index contributed by atoms with van der Waals surface area (Å²) in [5, 5.41) is 5.18. The van der Waals surface area contributed by atoms with Crippen LogP contribution >= 0.6 is 22.7 Å². The average molecular weight is 853 g/mol. The van der Waals surface area contributed by atoms with Crippen molar-refractivity contribution in [3.63, 3.8) is 0 Å². The summed E-state index contributed by atoms with van der Waals surface area (Å²) in [5.74, 6) is 0. The van der Waals surface area contributed by atoms with Crippen LogP contribution in [0.5, 0.6) is 0 Å². The van der Waals surface area contributed by atoms with Gasteiger partial charge in [0.15, 0.2) is 0 Å². The quantitative estimate of drug-likeness (QED) is 0.143. The van der Waals surface area contributed by atoms with Gasteiger partial charge in [0.1, 0.15) is 0 Å². The molecule has 2 aromatic heterocycles. The average Bonchev–Trinajstić information content (AvgIpc) is 3.95. The first-order chi connectivity index (χ1) is 31.7. The zero-order valence-electron chi connectivity index (χ0n) is 34.8. The number of fused-ring (bicyclic) bond motifs is 6. The van der Waals surface area contributed by atoms with Crippen LogP contribution in [0.15, 0.2) is 243 Å². The van der Waals surface area contributed by atoms with Crippen molar-refractivity contribution in [3.8, 4) is 33.4 Å². The van der Waals surface area contributed by atoms with E-state index in [9.17, 15) is 0 Å². The van der Waals surface area contributed by atoms with Crippen LogP contribution in [-0.4, -0.2) is 0 Å². The molecule has 10 aromatic carbocycles. The van der Waals surface area contributed by atoms with Crippen LogP contribution in [-0.2, 0) is 0 Å². The van der Waals surface area contributed by atoms with Gasteiger partial charge in [0.2, 0.25) is 0 Å². The molecule has 0 saturated heterocycles. The van der Waals surface area contributed by atoms with Gasteiger partial charge < -0.3 is 9.80 Å². The molecule has 12 rings (SSSR count). The second kappa shape index (κ2) is 16.2. The lowest BCUT2D eigenvalue weighted by Crippen LogP contribution is -2.09. The van der Waals surface area contributed by atoms with Gasteiger partial charge in [-0.15, -0.1) is 22.7 Å². The van der Waals surface area contributed by atoms with E-state index >= 15 is 0 Å². The normalized spacial score (nSPS) is 11.4. The zero-order valence-corrected chi connectivity index (χ0v) is 36.4. The number of para-hydroxylation sites is 2. The first-order valence-electron chi connectivity index (χ1n) is 21.7. The van der Waals surface area contributed by atoms with Crippen molar-refractivity contribution >= 4 is 97.1 Å². The molecular formula is C60H40N2S2. The predicted molar refractivity (Wildman–Crippen MR) is 278 cm³/mol. The van der Waals surface area contributed by atoms with Crippen molar-refractivity contribution < 1.29 is 0 Å². The molecule has 0 saturated carbocycles. The minimum Gasteiger partial charge on any atom is -0.309 e. The number of hydrogen-bond acceptors (Lipinski definition) is 4. The molecule has 0 aliphatic heterocycles. The Balaban J connectivity index is 0.943. The van der Waals surface area contributed by atoms with Crippen molar-refractivity contribution in [3.05, 3.63) is 243 Å². The molecule has 2 nitrogen and oxygen atoms in total. The molecular weight excluding hydrogens is 813 g/mol. The summed E-state index contributed by atoms with van der Waals surface area (Å²) in [6, 6.07) is 88.2. The molecule has 0 radical (unpaired) electrons. The van der Waals surface area contributed by atoms with Crippen LogP contribution in [0.4, 0.5) is 34.1 Å². The van der Waals surface area contributed by atoms with E-state index in [1.54, 1.807) is 0 Å². The fourth-order valence-corrected chi connectivity index (χ4v) is 11.6. The summed E-state index contributed by atoms with van der Waals surface area (Å²) in [6.07, 6.45) is 0. The van der Waals surface area contributed by atoms with Gasteiger partial charge in [0.25, 0.3) is 0 Å². The number of thiophene rings is 2. The molecule has 0 spiro atoms. The third-order valence-corrected chi connectivity index (χ3v) is 14.7. The Hall–Kier alpha value is -7.76. The number of benzene rings is 10. The maximum atomic E-state index is 2.40. The van der Waals surface area contributed by atoms with Crippen molar-refractivity contribution in [1.82, 2.24) is 0 Å². The van der Waals surface area contributed by atoms with Crippen LogP contribution in [0.2, 0.25) is 0 Å². The summed E-state index contributed by atoms with van der Waals surface area (Å²) in [7, 11) is 0. The van der Waals surface area contributed by atoms with Gasteiger partial charge in [0.05, 0.1) is 20.8 Å². The number of nitrogens with zero attached hydrogens (tertiary/aromatic N) is 2. The fraction of sp³-hybridized carbons (Fsp3) is 0. The highest BCUT2D eigenvalue weighted by Crippen LogP contribution is 2.47. The number of hydrogen-bond donors (Lipinski definition) is 0. The van der Waals surface area contributed by atoms with E-state index in [1.807, 2.05) is 22.7 Å². The molecule has 0 fully saturated rings. The molecule has 0 aliphatic carbocycles. The molecule has 0 amide bonds. The minimum absolute atomic E-state index is 1.12. The monoisotopic (exact) mass is 852 g/mol. The Morgan fingerprint density at radius 3 is 0.984 bits per heavy atom. The molecule has 0 unspecified atom stereocenters. The summed E-state index contributed by atoms with van der Waals surface area (Å²) in [6.45, 7) is 0. The largest absolute Gasteiger partial charge is 0.309 e. The van der Waals surface area contributed by atoms with E-state index in [0.29, 0.717) is 0 Å². The number of anilines is 6. The summed E-state index contributed by atoms with van der Waals surface area (Å²) in [5.41, 5.74) is 13.9. The van der Waals surface area contributed by atoms with Gasteiger partial charge in [-0.2, -0.15) is 0 Å². The van der Waals surface area contributed by atoms with E-state index in [4.69, 9.17) is 0 Å².